The molecule has 2 amide bonds. The second-order valence-corrected chi connectivity index (χ2v) is 9.45. The number of anilines is 1. The van der Waals surface area contributed by atoms with Crippen molar-refractivity contribution in [3.05, 3.63) is 75.1 Å². The number of carbonyl (C=O) groups excluding carboxylic acids is 3. The maximum absolute atomic E-state index is 12.8. The molecule has 2 heterocycles. The Balaban J connectivity index is 1.29. The monoisotopic (exact) mass is 543 g/mol. The average molecular weight is 545 g/mol. The van der Waals surface area contributed by atoms with Crippen LogP contribution in [0, 0.1) is 5.92 Å². The van der Waals surface area contributed by atoms with Crippen LogP contribution < -0.4 is 10.6 Å². The number of benzene rings is 1. The van der Waals surface area contributed by atoms with Gasteiger partial charge >= 0.3 is 0 Å². The maximum atomic E-state index is 12.8. The molecule has 8 nitrogen and oxygen atoms in total. The van der Waals surface area contributed by atoms with Crippen molar-refractivity contribution in [3.63, 3.8) is 0 Å². The van der Waals surface area contributed by atoms with Crippen molar-refractivity contribution in [3.8, 4) is 0 Å². The Labute approximate surface area is 210 Å². The lowest BCUT2D eigenvalue weighted by Crippen LogP contribution is -2.38. The minimum atomic E-state index is -0.426. The molecule has 2 aromatic heterocycles. The zero-order valence-corrected chi connectivity index (χ0v) is 20.5. The second-order valence-electron chi connectivity index (χ2n) is 8.25. The van der Waals surface area contributed by atoms with Gasteiger partial charge in [0.05, 0.1) is 15.1 Å². The number of hydrogen-bond acceptors (Lipinski definition) is 5. The van der Waals surface area contributed by atoms with Crippen LogP contribution in [0.15, 0.2) is 53.3 Å². The first-order valence-corrected chi connectivity index (χ1v) is 12.1. The summed E-state index contributed by atoms with van der Waals surface area (Å²) in [5, 5.41) is 12.7. The third-order valence-corrected chi connectivity index (χ3v) is 7.04. The van der Waals surface area contributed by atoms with Crippen molar-refractivity contribution >= 4 is 50.9 Å². The van der Waals surface area contributed by atoms with Crippen molar-refractivity contribution in [1.82, 2.24) is 20.5 Å². The molecule has 0 spiro atoms. The summed E-state index contributed by atoms with van der Waals surface area (Å²) in [6, 6.07) is 10.2. The smallest absolute Gasteiger partial charge is 0.270 e. The molecule has 4 rings (SSSR count). The Morgan fingerprint density at radius 3 is 2.44 bits per heavy atom. The third kappa shape index (κ3) is 5.71. The lowest BCUT2D eigenvalue weighted by molar-refractivity contribution is 0.0893. The molecule has 1 saturated carbocycles. The first kappa shape index (κ1) is 24.1. The number of halogens is 2. The number of pyridine rings is 1. The zero-order chi connectivity index (χ0) is 24.1. The molecule has 3 N–H and O–H groups in total. The summed E-state index contributed by atoms with van der Waals surface area (Å²) in [4.78, 5) is 41.7. The summed E-state index contributed by atoms with van der Waals surface area (Å²) < 4.78 is 0.363. The van der Waals surface area contributed by atoms with E-state index in [1.807, 2.05) is 0 Å². The minimum absolute atomic E-state index is 0.0103. The predicted octanol–water partition coefficient (Wildman–Crippen LogP) is 5.03. The van der Waals surface area contributed by atoms with Gasteiger partial charge in [-0.15, -0.1) is 0 Å². The van der Waals surface area contributed by atoms with E-state index in [1.165, 1.54) is 0 Å². The Bertz CT molecular complexity index is 1190. The van der Waals surface area contributed by atoms with Crippen molar-refractivity contribution in [2.45, 2.75) is 38.1 Å². The lowest BCUT2D eigenvalue weighted by atomic mass is 9.82. The van der Waals surface area contributed by atoms with Gasteiger partial charge in [0.25, 0.3) is 11.8 Å². The first-order chi connectivity index (χ1) is 16.4. The highest BCUT2D eigenvalue weighted by Gasteiger charge is 2.27. The number of hydrogen-bond donors (Lipinski definition) is 3. The van der Waals surface area contributed by atoms with E-state index in [-0.39, 0.29) is 29.2 Å². The van der Waals surface area contributed by atoms with Crippen LogP contribution in [0.2, 0.25) is 5.02 Å². The van der Waals surface area contributed by atoms with Gasteiger partial charge in [-0.1, -0.05) is 23.7 Å². The largest absolute Gasteiger partial charge is 0.348 e. The fourth-order valence-corrected chi connectivity index (χ4v) is 4.75. The number of rotatable bonds is 7. The van der Waals surface area contributed by atoms with Crippen LogP contribution in [0.1, 0.15) is 63.3 Å². The molecule has 34 heavy (non-hydrogen) atoms. The fourth-order valence-electron chi connectivity index (χ4n) is 4.07. The Hall–Kier alpha value is -3.04. The molecule has 3 aromatic rings. The number of aromatic nitrogens is 3. The highest BCUT2D eigenvalue weighted by molar-refractivity contribution is 9.10. The van der Waals surface area contributed by atoms with Crippen LogP contribution in [-0.4, -0.2) is 38.8 Å². The standard InChI is InChI=1S/C24H23BrClN5O3/c25-20-21(30-31-22(20)29-23(33)17-3-1-2-4-18(17)26)24(34)28-16-7-5-14(6-8-16)13-19(32)15-9-11-27-12-10-15/h1-4,9-12,14,16H,5-8,13H2,(H,28,34)(H2,29,30,31,33). The molecule has 0 atom stereocenters. The second kappa shape index (κ2) is 10.9. The average Bonchev–Trinajstić information content (AvgIpc) is 3.21. The summed E-state index contributed by atoms with van der Waals surface area (Å²) in [6.07, 6.45) is 7.08. The quantitative estimate of drug-likeness (QED) is 0.361. The van der Waals surface area contributed by atoms with Gasteiger partial charge in [-0.25, -0.2) is 0 Å². The van der Waals surface area contributed by atoms with E-state index in [0.717, 1.165) is 25.7 Å². The summed E-state index contributed by atoms with van der Waals surface area (Å²) in [6.45, 7) is 0. The number of amides is 2. The van der Waals surface area contributed by atoms with Crippen LogP contribution in [0.4, 0.5) is 5.82 Å². The molecule has 1 aromatic carbocycles. The highest BCUT2D eigenvalue weighted by Crippen LogP contribution is 2.29. The van der Waals surface area contributed by atoms with Gasteiger partial charge in [0.15, 0.2) is 11.6 Å². The Kier molecular flexibility index (Phi) is 7.74. The van der Waals surface area contributed by atoms with Crippen molar-refractivity contribution < 1.29 is 14.4 Å². The third-order valence-electron chi connectivity index (χ3n) is 5.94. The molecule has 10 heteroatoms. The van der Waals surface area contributed by atoms with Crippen LogP contribution in [0.3, 0.4) is 0 Å². The Morgan fingerprint density at radius 1 is 1.03 bits per heavy atom. The number of aromatic amines is 1. The van der Waals surface area contributed by atoms with Crippen molar-refractivity contribution in [2.75, 3.05) is 5.32 Å². The summed E-state index contributed by atoms with van der Waals surface area (Å²) >= 11 is 9.42. The van der Waals surface area contributed by atoms with Crippen molar-refractivity contribution in [2.24, 2.45) is 5.92 Å². The molecule has 1 aliphatic carbocycles. The number of carbonyl (C=O) groups is 3. The molecule has 0 aliphatic heterocycles. The summed E-state index contributed by atoms with van der Waals surface area (Å²) in [5.41, 5.74) is 1.22. The number of H-pyrrole nitrogens is 1. The normalized spacial score (nSPS) is 17.7. The number of nitrogens with zero attached hydrogens (tertiary/aromatic N) is 2. The molecule has 176 valence electrons. The molecular weight excluding hydrogens is 522 g/mol. The maximum Gasteiger partial charge on any atom is 0.270 e. The van der Waals surface area contributed by atoms with Gasteiger partial charge in [0.2, 0.25) is 0 Å². The van der Waals surface area contributed by atoms with E-state index in [2.05, 4.69) is 41.7 Å². The van der Waals surface area contributed by atoms with Crippen LogP contribution >= 0.6 is 27.5 Å². The molecule has 1 fully saturated rings. The van der Waals surface area contributed by atoms with Gasteiger partial charge in [0, 0.05) is 30.4 Å². The predicted molar refractivity (Wildman–Crippen MR) is 132 cm³/mol. The molecule has 0 bridgehead atoms. The van der Waals surface area contributed by atoms with E-state index >= 15 is 0 Å². The molecule has 1 aliphatic rings. The van der Waals surface area contributed by atoms with Gasteiger partial charge in [0.1, 0.15) is 5.69 Å². The zero-order valence-electron chi connectivity index (χ0n) is 18.2. The van der Waals surface area contributed by atoms with Gasteiger partial charge < -0.3 is 10.6 Å². The molecule has 0 radical (unpaired) electrons. The highest BCUT2D eigenvalue weighted by atomic mass is 79.9. The molecular formula is C24H23BrClN5O3. The number of ketones is 1. The van der Waals surface area contributed by atoms with Crippen LogP contribution in [0.5, 0.6) is 0 Å². The number of Topliss-reactive ketones (excluding diaryl/α,β-unsaturated/α-hetero) is 1. The van der Waals surface area contributed by atoms with E-state index in [4.69, 9.17) is 11.6 Å². The summed E-state index contributed by atoms with van der Waals surface area (Å²) in [5.74, 6) is -0.103. The van der Waals surface area contributed by atoms with E-state index in [9.17, 15) is 14.4 Å². The van der Waals surface area contributed by atoms with E-state index in [1.54, 1.807) is 48.8 Å². The lowest BCUT2D eigenvalue weighted by Gasteiger charge is -2.28. The Morgan fingerprint density at radius 2 is 1.74 bits per heavy atom. The summed E-state index contributed by atoms with van der Waals surface area (Å²) in [7, 11) is 0. The first-order valence-electron chi connectivity index (χ1n) is 11.0. The topological polar surface area (TPSA) is 117 Å². The van der Waals surface area contributed by atoms with Gasteiger partial charge in [-0.3, -0.25) is 24.5 Å². The van der Waals surface area contributed by atoms with E-state index in [0.29, 0.717) is 33.0 Å². The van der Waals surface area contributed by atoms with Crippen LogP contribution in [-0.2, 0) is 0 Å². The molecule has 0 unspecified atom stereocenters. The van der Waals surface area contributed by atoms with Crippen LogP contribution in [0.25, 0.3) is 0 Å². The minimum Gasteiger partial charge on any atom is -0.348 e. The van der Waals surface area contributed by atoms with Gasteiger partial charge in [-0.05, 0) is 71.8 Å². The number of nitrogens with one attached hydrogen (secondary N) is 3. The SMILES string of the molecule is O=C(CC1CCC(NC(=O)c2[nH]nc(NC(=O)c3ccccc3Cl)c2Br)CC1)c1ccncc1. The molecule has 0 saturated heterocycles. The fraction of sp³-hybridized carbons (Fsp3) is 0.292. The van der Waals surface area contributed by atoms with E-state index < -0.39 is 5.91 Å². The van der Waals surface area contributed by atoms with Gasteiger partial charge in [-0.2, -0.15) is 5.10 Å². The van der Waals surface area contributed by atoms with Crippen molar-refractivity contribution in [1.29, 1.82) is 0 Å².